The van der Waals surface area contributed by atoms with E-state index in [0.717, 1.165) is 35.1 Å². The van der Waals surface area contributed by atoms with Crippen molar-refractivity contribution in [3.63, 3.8) is 0 Å². The first kappa shape index (κ1) is 15.9. The number of aromatic amines is 1. The lowest BCUT2D eigenvalue weighted by atomic mass is 9.87. The van der Waals surface area contributed by atoms with Crippen LogP contribution in [0.15, 0.2) is 18.5 Å². The van der Waals surface area contributed by atoms with Crippen LogP contribution in [0.4, 0.5) is 5.69 Å². The number of nitrogens with one attached hydrogen (secondary N) is 2. The van der Waals surface area contributed by atoms with Gasteiger partial charge in [0.05, 0.1) is 17.1 Å². The summed E-state index contributed by atoms with van der Waals surface area (Å²) in [5, 5.41) is 13.4. The highest BCUT2D eigenvalue weighted by Crippen LogP contribution is 2.36. The van der Waals surface area contributed by atoms with Gasteiger partial charge in [-0.15, -0.1) is 0 Å². The van der Waals surface area contributed by atoms with Gasteiger partial charge in [0.1, 0.15) is 21.7 Å². The van der Waals surface area contributed by atoms with E-state index in [9.17, 15) is 13.5 Å². The van der Waals surface area contributed by atoms with Crippen LogP contribution in [0.5, 0.6) is 0 Å². The van der Waals surface area contributed by atoms with Crippen molar-refractivity contribution in [1.82, 2.24) is 15.0 Å². The van der Waals surface area contributed by atoms with Crippen LogP contribution in [-0.2, 0) is 16.4 Å². The maximum atomic E-state index is 11.7. The number of H-pyrrole nitrogens is 1. The van der Waals surface area contributed by atoms with Gasteiger partial charge < -0.3 is 15.5 Å². The molecule has 2 aromatic rings. The lowest BCUT2D eigenvalue weighted by Gasteiger charge is -2.34. The Morgan fingerprint density at radius 2 is 2.08 bits per heavy atom. The number of hydrogen-bond donors (Lipinski definition) is 3. The molecule has 8 heteroatoms. The van der Waals surface area contributed by atoms with Crippen molar-refractivity contribution in [2.75, 3.05) is 11.7 Å². The van der Waals surface area contributed by atoms with Gasteiger partial charge >= 0.3 is 0 Å². The van der Waals surface area contributed by atoms with Crippen molar-refractivity contribution < 1.29 is 13.5 Å². The average Bonchev–Trinajstić information content (AvgIpc) is 3.19. The molecule has 0 saturated heterocycles. The first-order valence-electron chi connectivity index (χ1n) is 8.28. The van der Waals surface area contributed by atoms with Crippen molar-refractivity contribution >= 4 is 26.6 Å². The number of aliphatic hydroxyl groups is 1. The van der Waals surface area contributed by atoms with Crippen molar-refractivity contribution in [2.45, 2.75) is 43.7 Å². The molecule has 130 valence electrons. The molecule has 0 bridgehead atoms. The molecular weight excluding hydrogens is 328 g/mol. The number of nitrogens with zero attached hydrogens (tertiary/aromatic N) is 2. The highest BCUT2D eigenvalue weighted by atomic mass is 32.2. The molecule has 1 aliphatic carbocycles. The number of aliphatic hydroxyl groups excluding tert-OH is 1. The fraction of sp³-hybridized carbons (Fsp3) is 0.562. The molecule has 3 heterocycles. The topological polar surface area (TPSA) is 98.3 Å². The standard InChI is InChI=1S/C16H22N4O3S/c1-24(22,23)11-4-2-10(3-5-11)16(21)20-9-13-12-6-7-17-15(12)18-8-14(13)19-20/h6-8,10-11,16,19,21H,2-5,9H2,1H3,(H,17,18)/t10-,11-,16?. The van der Waals surface area contributed by atoms with E-state index < -0.39 is 16.1 Å². The summed E-state index contributed by atoms with van der Waals surface area (Å²) in [5.41, 5.74) is 6.14. The Hall–Kier alpha value is -1.64. The molecule has 1 aliphatic heterocycles. The van der Waals surface area contributed by atoms with Gasteiger partial charge in [-0.3, -0.25) is 0 Å². The maximum absolute atomic E-state index is 11.7. The fourth-order valence-corrected chi connectivity index (χ4v) is 5.05. The van der Waals surface area contributed by atoms with Crippen molar-refractivity contribution in [3.8, 4) is 0 Å². The summed E-state index contributed by atoms with van der Waals surface area (Å²) in [7, 11) is -2.98. The largest absolute Gasteiger partial charge is 0.376 e. The number of sulfone groups is 1. The highest BCUT2D eigenvalue weighted by molar-refractivity contribution is 7.91. The molecule has 0 amide bonds. The van der Waals surface area contributed by atoms with Crippen LogP contribution in [0.25, 0.3) is 11.0 Å². The maximum Gasteiger partial charge on any atom is 0.150 e. The van der Waals surface area contributed by atoms with Gasteiger partial charge in [0, 0.05) is 35.9 Å². The molecule has 4 rings (SSSR count). The van der Waals surface area contributed by atoms with E-state index in [1.165, 1.54) is 6.26 Å². The second-order valence-electron chi connectivity index (χ2n) is 6.91. The Morgan fingerprint density at radius 1 is 1.33 bits per heavy atom. The van der Waals surface area contributed by atoms with Crippen LogP contribution in [0, 0.1) is 5.92 Å². The Morgan fingerprint density at radius 3 is 2.79 bits per heavy atom. The summed E-state index contributed by atoms with van der Waals surface area (Å²) in [6, 6.07) is 2.00. The third-order valence-electron chi connectivity index (χ3n) is 5.36. The third kappa shape index (κ3) is 2.68. The second kappa shape index (κ2) is 5.72. The van der Waals surface area contributed by atoms with E-state index in [0.29, 0.717) is 19.4 Å². The summed E-state index contributed by atoms with van der Waals surface area (Å²) in [6.07, 6.45) is 7.03. The number of pyridine rings is 1. The molecule has 1 unspecified atom stereocenters. The molecule has 3 N–H and O–H groups in total. The van der Waals surface area contributed by atoms with Gasteiger partial charge in [-0.25, -0.2) is 13.4 Å². The molecular formula is C16H22N4O3S. The average molecular weight is 350 g/mol. The van der Waals surface area contributed by atoms with Crippen molar-refractivity contribution in [1.29, 1.82) is 0 Å². The molecule has 24 heavy (non-hydrogen) atoms. The highest BCUT2D eigenvalue weighted by Gasteiger charge is 2.35. The van der Waals surface area contributed by atoms with Gasteiger partial charge in [0.2, 0.25) is 0 Å². The second-order valence-corrected chi connectivity index (χ2v) is 9.24. The molecule has 0 spiro atoms. The number of anilines is 1. The minimum absolute atomic E-state index is 0.0829. The lowest BCUT2D eigenvalue weighted by molar-refractivity contribution is -0.0366. The third-order valence-corrected chi connectivity index (χ3v) is 7.04. The molecule has 0 radical (unpaired) electrons. The van der Waals surface area contributed by atoms with Crippen LogP contribution < -0.4 is 5.43 Å². The Balaban J connectivity index is 1.46. The Kier molecular flexibility index (Phi) is 3.78. The number of fused-ring (bicyclic) bond motifs is 3. The molecule has 1 fully saturated rings. The molecule has 2 aliphatic rings. The number of hydrazine groups is 1. The molecule has 7 nitrogen and oxygen atoms in total. The smallest absolute Gasteiger partial charge is 0.150 e. The van der Waals surface area contributed by atoms with E-state index in [1.807, 2.05) is 17.3 Å². The summed E-state index contributed by atoms with van der Waals surface area (Å²) in [4.78, 5) is 7.46. The monoisotopic (exact) mass is 350 g/mol. The van der Waals surface area contributed by atoms with Crippen molar-refractivity contribution in [2.24, 2.45) is 5.92 Å². The Bertz CT molecular complexity index is 855. The van der Waals surface area contributed by atoms with E-state index in [2.05, 4.69) is 15.4 Å². The van der Waals surface area contributed by atoms with Gasteiger partial charge in [-0.2, -0.15) is 5.01 Å². The first-order valence-corrected chi connectivity index (χ1v) is 10.2. The SMILES string of the molecule is CS(=O)(=O)[C@H]1CC[C@H](C(O)N2Cc3c(cnc4[nH]ccc34)N2)CC1. The van der Waals surface area contributed by atoms with Crippen LogP contribution >= 0.6 is 0 Å². The number of aromatic nitrogens is 2. The number of rotatable bonds is 3. The van der Waals surface area contributed by atoms with E-state index in [4.69, 9.17) is 0 Å². The number of hydrogen-bond acceptors (Lipinski definition) is 6. The Labute approximate surface area is 141 Å². The zero-order valence-electron chi connectivity index (χ0n) is 13.6. The van der Waals surface area contributed by atoms with Crippen LogP contribution in [0.3, 0.4) is 0 Å². The normalized spacial score (nSPS) is 26.2. The summed E-state index contributed by atoms with van der Waals surface area (Å²) in [5.74, 6) is 0.0829. The van der Waals surface area contributed by atoms with Gasteiger partial charge in [0.15, 0.2) is 0 Å². The van der Waals surface area contributed by atoms with Crippen LogP contribution in [0.1, 0.15) is 31.2 Å². The summed E-state index contributed by atoms with van der Waals surface area (Å²) < 4.78 is 23.3. The molecule has 1 atom stereocenters. The predicted octanol–water partition coefficient (Wildman–Crippen LogP) is 1.63. The lowest BCUT2D eigenvalue weighted by Crippen LogP contribution is -2.43. The van der Waals surface area contributed by atoms with Gasteiger partial charge in [-0.05, 0) is 31.7 Å². The predicted molar refractivity (Wildman–Crippen MR) is 91.9 cm³/mol. The zero-order chi connectivity index (χ0) is 16.9. The first-order chi connectivity index (χ1) is 11.4. The van der Waals surface area contributed by atoms with E-state index >= 15 is 0 Å². The fourth-order valence-electron chi connectivity index (χ4n) is 3.92. The van der Waals surface area contributed by atoms with E-state index in [1.54, 1.807) is 6.20 Å². The van der Waals surface area contributed by atoms with Crippen LogP contribution in [0.2, 0.25) is 0 Å². The van der Waals surface area contributed by atoms with Crippen LogP contribution in [-0.4, -0.2) is 46.2 Å². The van der Waals surface area contributed by atoms with Gasteiger partial charge in [0.25, 0.3) is 0 Å². The molecule has 0 aromatic carbocycles. The molecule has 1 saturated carbocycles. The minimum atomic E-state index is -2.98. The van der Waals surface area contributed by atoms with E-state index in [-0.39, 0.29) is 11.2 Å². The summed E-state index contributed by atoms with van der Waals surface area (Å²) >= 11 is 0. The minimum Gasteiger partial charge on any atom is -0.376 e. The summed E-state index contributed by atoms with van der Waals surface area (Å²) in [6.45, 7) is 0.610. The molecule has 2 aromatic heterocycles. The van der Waals surface area contributed by atoms with Gasteiger partial charge in [-0.1, -0.05) is 0 Å². The zero-order valence-corrected chi connectivity index (χ0v) is 14.4. The van der Waals surface area contributed by atoms with Crippen molar-refractivity contribution in [3.05, 3.63) is 24.0 Å². The quantitative estimate of drug-likeness (QED) is 0.778.